The van der Waals surface area contributed by atoms with E-state index in [-0.39, 0.29) is 6.04 Å². The molecule has 1 fully saturated rings. The van der Waals surface area contributed by atoms with Crippen molar-refractivity contribution in [2.45, 2.75) is 31.1 Å². The molecular weight excluding hydrogens is 250 g/mol. The molecule has 0 aliphatic carbocycles. The van der Waals surface area contributed by atoms with Crippen molar-refractivity contribution in [3.05, 3.63) is 30.1 Å². The highest BCUT2D eigenvalue weighted by molar-refractivity contribution is 7.89. The first-order chi connectivity index (χ1) is 8.51. The van der Waals surface area contributed by atoms with Crippen molar-refractivity contribution in [3.63, 3.8) is 0 Å². The van der Waals surface area contributed by atoms with Gasteiger partial charge in [0.1, 0.15) is 5.25 Å². The molecule has 2 N–H and O–H groups in total. The van der Waals surface area contributed by atoms with Crippen LogP contribution < -0.4 is 5.73 Å². The number of sulfonamides is 1. The minimum absolute atomic E-state index is 0.0514. The molecule has 100 valence electrons. The lowest BCUT2D eigenvalue weighted by Crippen LogP contribution is -2.46. The Morgan fingerprint density at radius 3 is 2.89 bits per heavy atom. The molecule has 5 nitrogen and oxygen atoms in total. The van der Waals surface area contributed by atoms with E-state index in [1.165, 1.54) is 4.31 Å². The number of nitrogens with zero attached hydrogens (tertiary/aromatic N) is 2. The van der Waals surface area contributed by atoms with E-state index in [4.69, 9.17) is 5.73 Å². The summed E-state index contributed by atoms with van der Waals surface area (Å²) in [5.74, 6) is 0. The minimum atomic E-state index is -3.36. The third kappa shape index (κ3) is 2.71. The van der Waals surface area contributed by atoms with Crippen LogP contribution in [-0.4, -0.2) is 36.8 Å². The van der Waals surface area contributed by atoms with E-state index in [1.54, 1.807) is 31.3 Å². The molecule has 18 heavy (non-hydrogen) atoms. The standard InChI is InChI=1S/C12H19N3O2S/c1-10(12-6-2-3-7-14-12)18(16,17)15-8-4-5-11(13)9-15/h2-3,6-7,10-11H,4-5,8-9,13H2,1H3/t10-,11-/m0/s1. The molecule has 1 aliphatic heterocycles. The van der Waals surface area contributed by atoms with Gasteiger partial charge in [0.2, 0.25) is 10.0 Å². The van der Waals surface area contributed by atoms with Gasteiger partial charge >= 0.3 is 0 Å². The Morgan fingerprint density at radius 2 is 2.28 bits per heavy atom. The third-order valence-corrected chi connectivity index (χ3v) is 5.52. The molecule has 0 saturated carbocycles. The number of nitrogens with two attached hydrogens (primary N) is 1. The molecular formula is C12H19N3O2S. The molecule has 2 heterocycles. The van der Waals surface area contributed by atoms with Gasteiger partial charge in [-0.2, -0.15) is 4.31 Å². The van der Waals surface area contributed by atoms with E-state index in [0.717, 1.165) is 12.8 Å². The van der Waals surface area contributed by atoms with Crippen molar-refractivity contribution in [2.75, 3.05) is 13.1 Å². The van der Waals surface area contributed by atoms with Crippen LogP contribution in [0.3, 0.4) is 0 Å². The molecule has 1 saturated heterocycles. The van der Waals surface area contributed by atoms with Crippen LogP contribution in [0.1, 0.15) is 30.7 Å². The van der Waals surface area contributed by atoms with Gasteiger partial charge in [-0.25, -0.2) is 8.42 Å². The van der Waals surface area contributed by atoms with Crippen LogP contribution in [0.2, 0.25) is 0 Å². The van der Waals surface area contributed by atoms with E-state index >= 15 is 0 Å². The fourth-order valence-corrected chi connectivity index (χ4v) is 3.87. The Kier molecular flexibility index (Phi) is 3.99. The zero-order chi connectivity index (χ0) is 13.2. The lowest BCUT2D eigenvalue weighted by atomic mass is 10.1. The Hall–Kier alpha value is -0.980. The third-order valence-electron chi connectivity index (χ3n) is 3.33. The zero-order valence-corrected chi connectivity index (χ0v) is 11.3. The summed E-state index contributed by atoms with van der Waals surface area (Å²) < 4.78 is 26.4. The van der Waals surface area contributed by atoms with E-state index in [9.17, 15) is 8.42 Å². The van der Waals surface area contributed by atoms with Crippen LogP contribution in [0, 0.1) is 0 Å². The fraction of sp³-hybridized carbons (Fsp3) is 0.583. The number of pyridine rings is 1. The maximum atomic E-state index is 12.5. The summed E-state index contributed by atoms with van der Waals surface area (Å²) in [6.45, 7) is 2.66. The molecule has 0 radical (unpaired) electrons. The highest BCUT2D eigenvalue weighted by Gasteiger charge is 2.33. The molecule has 0 spiro atoms. The number of aromatic nitrogens is 1. The summed E-state index contributed by atoms with van der Waals surface area (Å²) in [5, 5.41) is -0.621. The van der Waals surface area contributed by atoms with Crippen molar-refractivity contribution < 1.29 is 8.42 Å². The van der Waals surface area contributed by atoms with Crippen LogP contribution in [0.4, 0.5) is 0 Å². The molecule has 0 amide bonds. The average molecular weight is 269 g/mol. The van der Waals surface area contributed by atoms with Crippen LogP contribution >= 0.6 is 0 Å². The normalized spacial score (nSPS) is 23.8. The monoisotopic (exact) mass is 269 g/mol. The van der Waals surface area contributed by atoms with Gasteiger partial charge in [0.15, 0.2) is 0 Å². The quantitative estimate of drug-likeness (QED) is 0.884. The summed E-state index contributed by atoms with van der Waals surface area (Å²) in [7, 11) is -3.36. The Balaban J connectivity index is 2.20. The molecule has 1 aliphatic rings. The molecule has 0 aromatic carbocycles. The maximum absolute atomic E-state index is 12.5. The Labute approximate surface area is 108 Å². The summed E-state index contributed by atoms with van der Waals surface area (Å²) in [4.78, 5) is 4.12. The first-order valence-corrected chi connectivity index (χ1v) is 7.67. The van der Waals surface area contributed by atoms with Gasteiger partial charge in [0, 0.05) is 25.3 Å². The highest BCUT2D eigenvalue weighted by Crippen LogP contribution is 2.25. The van der Waals surface area contributed by atoms with Crippen LogP contribution in [0.25, 0.3) is 0 Å². The number of rotatable bonds is 3. The first kappa shape index (κ1) is 13.5. The second-order valence-corrected chi connectivity index (χ2v) is 6.96. The molecule has 2 atom stereocenters. The predicted molar refractivity (Wildman–Crippen MR) is 70.4 cm³/mol. The highest BCUT2D eigenvalue weighted by atomic mass is 32.2. The van der Waals surface area contributed by atoms with Crippen LogP contribution in [0.15, 0.2) is 24.4 Å². The molecule has 0 unspecified atom stereocenters. The summed E-state index contributed by atoms with van der Waals surface area (Å²) in [6.07, 6.45) is 3.34. The van der Waals surface area contributed by atoms with Crippen LogP contribution in [-0.2, 0) is 10.0 Å². The smallest absolute Gasteiger partial charge is 0.222 e. The second-order valence-electron chi connectivity index (χ2n) is 4.70. The van der Waals surface area contributed by atoms with Gasteiger partial charge in [-0.1, -0.05) is 6.07 Å². The van der Waals surface area contributed by atoms with Crippen molar-refractivity contribution in [1.82, 2.24) is 9.29 Å². The van der Waals surface area contributed by atoms with Crippen molar-refractivity contribution in [1.29, 1.82) is 0 Å². The predicted octanol–water partition coefficient (Wildman–Crippen LogP) is 0.896. The van der Waals surface area contributed by atoms with E-state index in [1.807, 2.05) is 0 Å². The largest absolute Gasteiger partial charge is 0.327 e. The van der Waals surface area contributed by atoms with Crippen LogP contribution in [0.5, 0.6) is 0 Å². The lowest BCUT2D eigenvalue weighted by molar-refractivity contribution is 0.313. The Morgan fingerprint density at radius 1 is 1.50 bits per heavy atom. The fourth-order valence-electron chi connectivity index (χ4n) is 2.20. The topological polar surface area (TPSA) is 76.3 Å². The van der Waals surface area contributed by atoms with Gasteiger partial charge in [-0.3, -0.25) is 4.98 Å². The molecule has 1 aromatic heterocycles. The van der Waals surface area contributed by atoms with E-state index in [0.29, 0.717) is 18.8 Å². The van der Waals surface area contributed by atoms with E-state index < -0.39 is 15.3 Å². The number of piperidine rings is 1. The molecule has 1 aromatic rings. The summed E-state index contributed by atoms with van der Waals surface area (Å²) in [6, 6.07) is 5.27. The lowest BCUT2D eigenvalue weighted by Gasteiger charge is -2.31. The minimum Gasteiger partial charge on any atom is -0.327 e. The first-order valence-electron chi connectivity index (χ1n) is 6.17. The maximum Gasteiger partial charge on any atom is 0.222 e. The molecule has 0 bridgehead atoms. The van der Waals surface area contributed by atoms with Gasteiger partial charge in [0.25, 0.3) is 0 Å². The van der Waals surface area contributed by atoms with Gasteiger partial charge in [0.05, 0.1) is 5.69 Å². The SMILES string of the molecule is C[C@@H](c1ccccn1)S(=O)(=O)N1CCC[C@H](N)C1. The van der Waals surface area contributed by atoms with Crippen molar-refractivity contribution in [3.8, 4) is 0 Å². The van der Waals surface area contributed by atoms with Gasteiger partial charge < -0.3 is 5.73 Å². The number of hydrogen-bond acceptors (Lipinski definition) is 4. The Bertz CT molecular complexity index is 489. The zero-order valence-electron chi connectivity index (χ0n) is 10.5. The summed E-state index contributed by atoms with van der Waals surface area (Å²) >= 11 is 0. The van der Waals surface area contributed by atoms with E-state index in [2.05, 4.69) is 4.98 Å². The summed E-state index contributed by atoms with van der Waals surface area (Å²) in [5.41, 5.74) is 6.42. The molecule has 6 heteroatoms. The average Bonchev–Trinajstić information content (AvgIpc) is 2.39. The van der Waals surface area contributed by atoms with Gasteiger partial charge in [-0.05, 0) is 31.9 Å². The number of hydrogen-bond donors (Lipinski definition) is 1. The second kappa shape index (κ2) is 5.34. The van der Waals surface area contributed by atoms with Crippen molar-refractivity contribution in [2.24, 2.45) is 5.73 Å². The van der Waals surface area contributed by atoms with Crippen molar-refractivity contribution >= 4 is 10.0 Å². The molecule has 2 rings (SSSR count). The van der Waals surface area contributed by atoms with Gasteiger partial charge in [-0.15, -0.1) is 0 Å².